The average Bonchev–Trinajstić information content (AvgIpc) is 1.83. The van der Waals surface area contributed by atoms with Gasteiger partial charge in [0.1, 0.15) is 0 Å². The minimum absolute atomic E-state index is 0.892. The molecule has 0 saturated heterocycles. The van der Waals surface area contributed by atoms with Gasteiger partial charge in [-0.2, -0.15) is 0 Å². The Balaban J connectivity index is 2.88. The van der Waals surface area contributed by atoms with Gasteiger partial charge >= 0.3 is 0 Å². The molecule has 0 aromatic rings. The Bertz CT molecular complexity index is 177. The molecule has 0 amide bonds. The quantitative estimate of drug-likeness (QED) is 0.499. The lowest BCUT2D eigenvalue weighted by Gasteiger charge is -2.14. The molecule has 0 aromatic heterocycles. The molecule has 0 unspecified atom stereocenters. The van der Waals surface area contributed by atoms with Gasteiger partial charge in [-0.05, 0) is 25.0 Å². The van der Waals surface area contributed by atoms with Crippen molar-refractivity contribution in [1.29, 1.82) is 0 Å². The molecule has 0 radical (unpaired) electrons. The molecule has 0 spiro atoms. The first-order valence-electron chi connectivity index (χ1n) is 3.07. The van der Waals surface area contributed by atoms with Crippen LogP contribution in [0, 0.1) is 0 Å². The zero-order valence-electron chi connectivity index (χ0n) is 5.86. The number of dihydropyridines is 1. The third-order valence-corrected chi connectivity index (χ3v) is 1.57. The van der Waals surface area contributed by atoms with Gasteiger partial charge in [-0.3, -0.25) is 0 Å². The summed E-state index contributed by atoms with van der Waals surface area (Å²) in [5, 5.41) is 3.11. The standard InChI is InChI=1S/C7H12N2/c1-5-3-9-4-6(2)7(5)8/h3,9H,4,8H2,1-2H3. The van der Waals surface area contributed by atoms with E-state index in [-0.39, 0.29) is 0 Å². The minimum Gasteiger partial charge on any atom is -0.398 e. The Morgan fingerprint density at radius 1 is 1.56 bits per heavy atom. The Hall–Kier alpha value is -0.920. The summed E-state index contributed by atoms with van der Waals surface area (Å²) in [6.07, 6.45) is 1.95. The van der Waals surface area contributed by atoms with E-state index in [0.717, 1.165) is 17.8 Å². The predicted octanol–water partition coefficient (Wildman–Crippen LogP) is 0.726. The third-order valence-electron chi connectivity index (χ3n) is 1.57. The van der Waals surface area contributed by atoms with Gasteiger partial charge in [0, 0.05) is 18.4 Å². The number of rotatable bonds is 0. The van der Waals surface area contributed by atoms with E-state index in [1.165, 1.54) is 5.57 Å². The first-order valence-corrected chi connectivity index (χ1v) is 3.07. The Morgan fingerprint density at radius 3 is 2.67 bits per heavy atom. The molecule has 1 rings (SSSR count). The van der Waals surface area contributed by atoms with Crippen LogP contribution in [0.15, 0.2) is 23.0 Å². The van der Waals surface area contributed by atoms with Gasteiger partial charge in [0.05, 0.1) is 0 Å². The van der Waals surface area contributed by atoms with E-state index in [1.54, 1.807) is 0 Å². The second-order valence-corrected chi connectivity index (χ2v) is 2.40. The van der Waals surface area contributed by atoms with Crippen molar-refractivity contribution in [2.24, 2.45) is 5.73 Å². The molecule has 1 aliphatic rings. The molecule has 2 nitrogen and oxygen atoms in total. The highest BCUT2D eigenvalue weighted by Crippen LogP contribution is 2.10. The Morgan fingerprint density at radius 2 is 2.22 bits per heavy atom. The maximum Gasteiger partial charge on any atom is 0.0375 e. The van der Waals surface area contributed by atoms with Crippen molar-refractivity contribution in [2.75, 3.05) is 6.54 Å². The van der Waals surface area contributed by atoms with Crippen molar-refractivity contribution in [3.63, 3.8) is 0 Å². The van der Waals surface area contributed by atoms with Crippen LogP contribution in [-0.2, 0) is 0 Å². The van der Waals surface area contributed by atoms with Crippen LogP contribution >= 0.6 is 0 Å². The van der Waals surface area contributed by atoms with Crippen molar-refractivity contribution in [3.8, 4) is 0 Å². The van der Waals surface area contributed by atoms with Gasteiger partial charge < -0.3 is 11.1 Å². The molecule has 1 heterocycles. The molecule has 9 heavy (non-hydrogen) atoms. The predicted molar refractivity (Wildman–Crippen MR) is 38.6 cm³/mol. The molecule has 0 fully saturated rings. The Labute approximate surface area is 55.4 Å². The molecule has 0 aliphatic carbocycles. The second-order valence-electron chi connectivity index (χ2n) is 2.40. The minimum atomic E-state index is 0.892. The lowest BCUT2D eigenvalue weighted by molar-refractivity contribution is 0.877. The van der Waals surface area contributed by atoms with E-state index in [9.17, 15) is 0 Å². The fourth-order valence-electron chi connectivity index (χ4n) is 0.867. The average molecular weight is 124 g/mol. The zero-order chi connectivity index (χ0) is 6.85. The molecule has 3 N–H and O–H groups in total. The highest BCUT2D eigenvalue weighted by Gasteiger charge is 2.03. The number of nitrogens with one attached hydrogen (secondary N) is 1. The van der Waals surface area contributed by atoms with Crippen molar-refractivity contribution in [1.82, 2.24) is 5.32 Å². The molecular weight excluding hydrogens is 112 g/mol. The largest absolute Gasteiger partial charge is 0.398 e. The summed E-state index contributed by atoms with van der Waals surface area (Å²) in [6, 6.07) is 0. The first kappa shape index (κ1) is 6.20. The summed E-state index contributed by atoms with van der Waals surface area (Å²) in [5.74, 6) is 0. The van der Waals surface area contributed by atoms with Crippen molar-refractivity contribution in [3.05, 3.63) is 23.0 Å². The number of nitrogens with two attached hydrogens (primary N) is 1. The topological polar surface area (TPSA) is 38.0 Å². The third kappa shape index (κ3) is 1.07. The van der Waals surface area contributed by atoms with Crippen molar-refractivity contribution >= 4 is 0 Å². The maximum atomic E-state index is 5.69. The summed E-state index contributed by atoms with van der Waals surface area (Å²) in [5.41, 5.74) is 9.00. The van der Waals surface area contributed by atoms with Crippen LogP contribution in [0.2, 0.25) is 0 Å². The molecule has 1 aliphatic heterocycles. The molecular formula is C7H12N2. The summed E-state index contributed by atoms with van der Waals surface area (Å²) in [7, 11) is 0. The molecule has 2 heteroatoms. The van der Waals surface area contributed by atoms with Crippen molar-refractivity contribution < 1.29 is 0 Å². The second kappa shape index (κ2) is 2.13. The lowest BCUT2D eigenvalue weighted by Crippen LogP contribution is -2.19. The van der Waals surface area contributed by atoms with E-state index >= 15 is 0 Å². The normalized spacial score (nSPS) is 19.1. The van der Waals surface area contributed by atoms with Crippen LogP contribution in [0.3, 0.4) is 0 Å². The highest BCUT2D eigenvalue weighted by atomic mass is 14.9. The van der Waals surface area contributed by atoms with E-state index < -0.39 is 0 Å². The fraction of sp³-hybridized carbons (Fsp3) is 0.429. The number of hydrogen-bond donors (Lipinski definition) is 2. The molecule has 50 valence electrons. The van der Waals surface area contributed by atoms with Gasteiger partial charge in [-0.1, -0.05) is 0 Å². The monoisotopic (exact) mass is 124 g/mol. The maximum absolute atomic E-state index is 5.69. The van der Waals surface area contributed by atoms with Crippen LogP contribution in [-0.4, -0.2) is 6.54 Å². The van der Waals surface area contributed by atoms with Crippen molar-refractivity contribution in [2.45, 2.75) is 13.8 Å². The highest BCUT2D eigenvalue weighted by molar-refractivity contribution is 5.33. The van der Waals surface area contributed by atoms with Gasteiger partial charge in [0.25, 0.3) is 0 Å². The smallest absolute Gasteiger partial charge is 0.0375 e. The summed E-state index contributed by atoms with van der Waals surface area (Å²) < 4.78 is 0. The first-order chi connectivity index (χ1) is 4.22. The number of hydrogen-bond acceptors (Lipinski definition) is 2. The van der Waals surface area contributed by atoms with Crippen LogP contribution in [0.4, 0.5) is 0 Å². The van der Waals surface area contributed by atoms with Gasteiger partial charge in [0.2, 0.25) is 0 Å². The molecule has 0 saturated carbocycles. The van der Waals surface area contributed by atoms with E-state index in [1.807, 2.05) is 20.0 Å². The van der Waals surface area contributed by atoms with Crippen LogP contribution in [0.1, 0.15) is 13.8 Å². The summed E-state index contributed by atoms with van der Waals surface area (Å²) in [6.45, 7) is 4.94. The fourth-order valence-corrected chi connectivity index (χ4v) is 0.867. The summed E-state index contributed by atoms with van der Waals surface area (Å²) >= 11 is 0. The zero-order valence-corrected chi connectivity index (χ0v) is 5.86. The SMILES string of the molecule is CC1=CNCC(C)=C1N. The van der Waals surface area contributed by atoms with E-state index in [0.29, 0.717) is 0 Å². The lowest BCUT2D eigenvalue weighted by atomic mass is 10.1. The van der Waals surface area contributed by atoms with Gasteiger partial charge in [-0.25, -0.2) is 0 Å². The van der Waals surface area contributed by atoms with E-state index in [4.69, 9.17) is 5.73 Å². The Kier molecular flexibility index (Phi) is 1.47. The summed E-state index contributed by atoms with van der Waals surface area (Å²) in [4.78, 5) is 0. The van der Waals surface area contributed by atoms with Gasteiger partial charge in [-0.15, -0.1) is 0 Å². The van der Waals surface area contributed by atoms with Crippen LogP contribution in [0.25, 0.3) is 0 Å². The molecule has 0 bridgehead atoms. The number of allylic oxidation sites excluding steroid dienone is 1. The van der Waals surface area contributed by atoms with Crippen LogP contribution < -0.4 is 11.1 Å². The molecule has 0 atom stereocenters. The van der Waals surface area contributed by atoms with Gasteiger partial charge in [0.15, 0.2) is 0 Å². The van der Waals surface area contributed by atoms with Crippen LogP contribution in [0.5, 0.6) is 0 Å². The van der Waals surface area contributed by atoms with E-state index in [2.05, 4.69) is 5.32 Å². The molecule has 0 aromatic carbocycles.